The summed E-state index contributed by atoms with van der Waals surface area (Å²) in [5.41, 5.74) is 2.54. The van der Waals surface area contributed by atoms with Gasteiger partial charge in [-0.15, -0.1) is 6.58 Å². The molecule has 0 bridgehead atoms. The van der Waals surface area contributed by atoms with Gasteiger partial charge >= 0.3 is 5.97 Å². The second-order valence-corrected chi connectivity index (χ2v) is 8.53. The summed E-state index contributed by atoms with van der Waals surface area (Å²) >= 11 is 12.4. The number of hydrogen-bond donors (Lipinski definition) is 0. The molecule has 0 aliphatic rings. The zero-order valence-corrected chi connectivity index (χ0v) is 20.0. The average Bonchev–Trinajstić information content (AvgIpc) is 2.77. The highest BCUT2D eigenvalue weighted by molar-refractivity contribution is 6.30. The van der Waals surface area contributed by atoms with Crippen LogP contribution >= 0.6 is 23.2 Å². The molecule has 0 saturated carbocycles. The van der Waals surface area contributed by atoms with Crippen LogP contribution in [0.2, 0.25) is 10.0 Å². The van der Waals surface area contributed by atoms with E-state index in [4.69, 9.17) is 27.9 Å². The van der Waals surface area contributed by atoms with Crippen molar-refractivity contribution in [2.45, 2.75) is 32.4 Å². The fraction of sp³-hybridized carbons (Fsp3) is 0.185. The molecule has 2 atom stereocenters. The minimum Gasteiger partial charge on any atom is -0.426 e. The van der Waals surface area contributed by atoms with Gasteiger partial charge in [-0.25, -0.2) is 0 Å². The van der Waals surface area contributed by atoms with E-state index < -0.39 is 12.0 Å². The van der Waals surface area contributed by atoms with Crippen LogP contribution in [0, 0.1) is 0 Å². The van der Waals surface area contributed by atoms with E-state index in [1.54, 1.807) is 35.2 Å². The van der Waals surface area contributed by atoms with Crippen LogP contribution in [0.25, 0.3) is 0 Å². The third-order valence-electron chi connectivity index (χ3n) is 5.35. The quantitative estimate of drug-likeness (QED) is 0.198. The van der Waals surface area contributed by atoms with Gasteiger partial charge in [-0.2, -0.15) is 0 Å². The Kier molecular flexibility index (Phi) is 8.32. The molecular formula is C27H25Cl2NO3. The predicted octanol–water partition coefficient (Wildman–Crippen LogP) is 6.98. The van der Waals surface area contributed by atoms with Gasteiger partial charge in [-0.3, -0.25) is 9.59 Å². The molecule has 0 heterocycles. The van der Waals surface area contributed by atoms with Crippen LogP contribution in [-0.4, -0.2) is 16.8 Å². The fourth-order valence-corrected chi connectivity index (χ4v) is 4.20. The smallest absolute Gasteiger partial charge is 0.308 e. The first-order chi connectivity index (χ1) is 15.8. The molecule has 0 N–H and O–H groups in total. The molecule has 1 amide bonds. The van der Waals surface area contributed by atoms with E-state index in [1.807, 2.05) is 48.5 Å². The van der Waals surface area contributed by atoms with Gasteiger partial charge in [-0.05, 0) is 41.5 Å². The van der Waals surface area contributed by atoms with Crippen molar-refractivity contribution in [3.05, 3.63) is 112 Å². The van der Waals surface area contributed by atoms with Crippen LogP contribution in [0.4, 0.5) is 0 Å². The lowest BCUT2D eigenvalue weighted by atomic mass is 9.85. The minimum absolute atomic E-state index is 0.138. The molecule has 0 aliphatic carbocycles. The maximum absolute atomic E-state index is 13.0. The summed E-state index contributed by atoms with van der Waals surface area (Å²) in [5, 5.41) is 1.20. The van der Waals surface area contributed by atoms with E-state index >= 15 is 0 Å². The van der Waals surface area contributed by atoms with Crippen molar-refractivity contribution in [2.24, 2.45) is 0 Å². The summed E-state index contributed by atoms with van der Waals surface area (Å²) in [6, 6.07) is 21.7. The molecular weight excluding hydrogens is 457 g/mol. The lowest BCUT2D eigenvalue weighted by Crippen LogP contribution is -2.36. The molecule has 170 valence electrons. The van der Waals surface area contributed by atoms with Crippen molar-refractivity contribution in [3.63, 3.8) is 0 Å². The van der Waals surface area contributed by atoms with Gasteiger partial charge in [0.2, 0.25) is 5.91 Å². The number of amides is 1. The maximum Gasteiger partial charge on any atom is 0.308 e. The Morgan fingerprint density at radius 3 is 2.24 bits per heavy atom. The zero-order chi connectivity index (χ0) is 24.0. The van der Waals surface area contributed by atoms with Gasteiger partial charge in [-0.1, -0.05) is 71.7 Å². The molecule has 3 aromatic rings. The number of carbonyl (C=O) groups excluding carboxylic acids is 2. The van der Waals surface area contributed by atoms with Crippen LogP contribution in [0.15, 0.2) is 85.5 Å². The molecule has 0 aliphatic heterocycles. The number of halogens is 2. The topological polar surface area (TPSA) is 46.6 Å². The Morgan fingerprint density at radius 2 is 1.64 bits per heavy atom. The Hall–Kier alpha value is -3.08. The summed E-state index contributed by atoms with van der Waals surface area (Å²) in [4.78, 5) is 26.4. The highest BCUT2D eigenvalue weighted by Crippen LogP contribution is 2.39. The highest BCUT2D eigenvalue weighted by atomic mass is 35.5. The lowest BCUT2D eigenvalue weighted by molar-refractivity contribution is -0.132. The van der Waals surface area contributed by atoms with Crippen molar-refractivity contribution in [1.29, 1.82) is 0 Å². The number of ether oxygens (including phenoxy) is 1. The Balaban J connectivity index is 2.12. The van der Waals surface area contributed by atoms with Crippen LogP contribution in [0.1, 0.15) is 42.5 Å². The molecule has 3 rings (SSSR count). The highest BCUT2D eigenvalue weighted by Gasteiger charge is 2.31. The Morgan fingerprint density at radius 1 is 0.939 bits per heavy atom. The number of nitrogens with zero attached hydrogens (tertiary/aromatic N) is 1. The summed E-state index contributed by atoms with van der Waals surface area (Å²) in [6.45, 7) is 7.17. The van der Waals surface area contributed by atoms with Crippen molar-refractivity contribution in [2.75, 3.05) is 0 Å². The molecule has 3 aromatic carbocycles. The molecule has 6 heteroatoms. The number of benzene rings is 3. The number of para-hydroxylation sites is 1. The lowest BCUT2D eigenvalue weighted by Gasteiger charge is -2.36. The van der Waals surface area contributed by atoms with Gasteiger partial charge < -0.3 is 9.64 Å². The van der Waals surface area contributed by atoms with Gasteiger partial charge in [0, 0.05) is 41.9 Å². The van der Waals surface area contributed by atoms with E-state index in [0.29, 0.717) is 15.8 Å². The molecule has 0 radical (unpaired) electrons. The number of carbonyl (C=O) groups is 2. The zero-order valence-electron chi connectivity index (χ0n) is 18.5. The standard InChI is InChI=1S/C27H25Cl2NO3/c1-4-25(21-9-7-10-24(29)16-21)27(20-12-14-23(28)15-13-20)30(18(2)31)17-22-8-5-6-11-26(22)33-19(3)32/h4-16,25,27H,1,17H2,2-3H3/t25-,27?/m1/s1. The van der Waals surface area contributed by atoms with Gasteiger partial charge in [0.05, 0.1) is 6.04 Å². The third kappa shape index (κ3) is 6.25. The molecule has 0 aromatic heterocycles. The molecule has 0 saturated heterocycles. The van der Waals surface area contributed by atoms with Gasteiger partial charge in [0.1, 0.15) is 5.75 Å². The predicted molar refractivity (Wildman–Crippen MR) is 133 cm³/mol. The van der Waals surface area contributed by atoms with Crippen LogP contribution in [0.5, 0.6) is 5.75 Å². The van der Waals surface area contributed by atoms with Crippen LogP contribution in [-0.2, 0) is 16.1 Å². The van der Waals surface area contributed by atoms with Crippen molar-refractivity contribution in [3.8, 4) is 5.75 Å². The molecule has 0 fully saturated rings. The largest absolute Gasteiger partial charge is 0.426 e. The number of hydrogen-bond acceptors (Lipinski definition) is 3. The SMILES string of the molecule is C=C[C@H](c1cccc(Cl)c1)C(c1ccc(Cl)cc1)N(Cc1ccccc1OC(C)=O)C(C)=O. The first kappa shape index (κ1) is 24.6. The molecule has 1 unspecified atom stereocenters. The maximum atomic E-state index is 13.0. The second-order valence-electron chi connectivity index (χ2n) is 7.66. The normalized spacial score (nSPS) is 12.5. The van der Waals surface area contributed by atoms with Crippen molar-refractivity contribution in [1.82, 2.24) is 4.90 Å². The summed E-state index contributed by atoms with van der Waals surface area (Å²) in [6.07, 6.45) is 1.82. The van der Waals surface area contributed by atoms with Crippen LogP contribution < -0.4 is 4.74 Å². The van der Waals surface area contributed by atoms with E-state index in [9.17, 15) is 9.59 Å². The summed E-state index contributed by atoms with van der Waals surface area (Å²) in [7, 11) is 0. The van der Waals surface area contributed by atoms with E-state index in [0.717, 1.165) is 16.7 Å². The third-order valence-corrected chi connectivity index (χ3v) is 5.83. The Labute approximate surface area is 204 Å². The van der Waals surface area contributed by atoms with E-state index in [-0.39, 0.29) is 18.4 Å². The van der Waals surface area contributed by atoms with Crippen molar-refractivity contribution < 1.29 is 14.3 Å². The molecule has 0 spiro atoms. The van der Waals surface area contributed by atoms with Crippen molar-refractivity contribution >= 4 is 35.1 Å². The van der Waals surface area contributed by atoms with Gasteiger partial charge in [0.15, 0.2) is 0 Å². The van der Waals surface area contributed by atoms with E-state index in [1.165, 1.54) is 13.8 Å². The monoisotopic (exact) mass is 481 g/mol. The molecule has 33 heavy (non-hydrogen) atoms. The first-order valence-corrected chi connectivity index (χ1v) is 11.2. The minimum atomic E-state index is -0.422. The number of rotatable bonds is 8. The van der Waals surface area contributed by atoms with Gasteiger partial charge in [0.25, 0.3) is 0 Å². The number of esters is 1. The average molecular weight is 482 g/mol. The fourth-order valence-electron chi connectivity index (χ4n) is 3.88. The Bertz CT molecular complexity index is 1140. The summed E-state index contributed by atoms with van der Waals surface area (Å²) < 4.78 is 5.38. The second kappa shape index (κ2) is 11.2. The summed E-state index contributed by atoms with van der Waals surface area (Å²) in [5.74, 6) is -0.394. The first-order valence-electron chi connectivity index (χ1n) is 10.5. The van der Waals surface area contributed by atoms with Crippen LogP contribution in [0.3, 0.4) is 0 Å². The molecule has 4 nitrogen and oxygen atoms in total. The van der Waals surface area contributed by atoms with E-state index in [2.05, 4.69) is 6.58 Å².